The van der Waals surface area contributed by atoms with Gasteiger partial charge < -0.3 is 9.13 Å². The molecular weight excluding hydrogens is 416 g/mol. The van der Waals surface area contributed by atoms with E-state index in [1.807, 2.05) is 0 Å². The molecule has 0 N–H and O–H groups in total. The van der Waals surface area contributed by atoms with E-state index >= 15 is 0 Å². The summed E-state index contributed by atoms with van der Waals surface area (Å²) in [7, 11) is 0. The van der Waals surface area contributed by atoms with Crippen molar-refractivity contribution in [3.05, 3.63) is 59.8 Å². The topological polar surface area (TPSA) is 34.6 Å². The smallest absolute Gasteiger partial charge is 0.0603 e. The Labute approximate surface area is 208 Å². The Kier molecular flexibility index (Phi) is 14.4. The summed E-state index contributed by atoms with van der Waals surface area (Å²) in [5, 5.41) is 2.23. The van der Waals surface area contributed by atoms with Crippen molar-refractivity contribution in [2.24, 2.45) is 21.8 Å². The number of unbranched alkanes of at least 4 members (excludes halogenated alkanes) is 3. The van der Waals surface area contributed by atoms with Gasteiger partial charge in [-0.1, -0.05) is 66.2 Å². The highest BCUT2D eigenvalue weighted by atomic mass is 14.9. The monoisotopic (exact) mass is 466 g/mol. The predicted octanol–water partition coefficient (Wildman–Crippen LogP) is 7.00. The van der Waals surface area contributed by atoms with E-state index in [0.29, 0.717) is 0 Å². The van der Waals surface area contributed by atoms with Crippen molar-refractivity contribution >= 4 is 0 Å². The van der Waals surface area contributed by atoms with Crippen LogP contribution in [-0.2, 0) is 13.1 Å². The van der Waals surface area contributed by atoms with Crippen molar-refractivity contribution < 1.29 is 0 Å². The highest BCUT2D eigenvalue weighted by Crippen LogP contribution is 2.13. The van der Waals surface area contributed by atoms with E-state index in [9.17, 15) is 0 Å². The van der Waals surface area contributed by atoms with Crippen molar-refractivity contribution in [3.63, 3.8) is 0 Å². The second kappa shape index (κ2) is 17.4. The maximum atomic E-state index is 4.83. The minimum Gasteiger partial charge on any atom is -0.354 e. The SMILES string of the molecule is CCCCC(CC)CN=c1ccn(CCCCn2ccc(=NCC(CC)CCCC)cc2)cc1. The average Bonchev–Trinajstić information content (AvgIpc) is 2.88. The van der Waals surface area contributed by atoms with Crippen LogP contribution in [0.15, 0.2) is 59.0 Å². The molecule has 190 valence electrons. The summed E-state index contributed by atoms with van der Waals surface area (Å²) in [6, 6.07) is 8.65. The summed E-state index contributed by atoms with van der Waals surface area (Å²) in [5.41, 5.74) is 0. The van der Waals surface area contributed by atoms with Crippen molar-refractivity contribution in [2.75, 3.05) is 13.1 Å². The summed E-state index contributed by atoms with van der Waals surface area (Å²) in [5.74, 6) is 1.46. The number of hydrogen-bond donors (Lipinski definition) is 0. The van der Waals surface area contributed by atoms with Crippen molar-refractivity contribution in [1.29, 1.82) is 0 Å². The molecule has 0 radical (unpaired) electrons. The van der Waals surface area contributed by atoms with Crippen molar-refractivity contribution in [1.82, 2.24) is 9.13 Å². The van der Waals surface area contributed by atoms with Crippen LogP contribution in [0.1, 0.15) is 91.9 Å². The summed E-state index contributed by atoms with van der Waals surface area (Å²) >= 11 is 0. The van der Waals surface area contributed by atoms with Gasteiger partial charge in [0.25, 0.3) is 0 Å². The van der Waals surface area contributed by atoms with Gasteiger partial charge in [-0.2, -0.15) is 0 Å². The van der Waals surface area contributed by atoms with Crippen LogP contribution in [-0.4, -0.2) is 22.2 Å². The largest absolute Gasteiger partial charge is 0.354 e. The minimum absolute atomic E-state index is 0.728. The first kappa shape index (κ1) is 28.1. The molecule has 2 aromatic rings. The van der Waals surface area contributed by atoms with Gasteiger partial charge in [-0.3, -0.25) is 9.98 Å². The van der Waals surface area contributed by atoms with E-state index in [1.54, 1.807) is 0 Å². The van der Waals surface area contributed by atoms with Gasteiger partial charge >= 0.3 is 0 Å². The van der Waals surface area contributed by atoms with Crippen molar-refractivity contribution in [2.45, 2.75) is 105 Å². The van der Waals surface area contributed by atoms with Gasteiger partial charge in [-0.05, 0) is 61.8 Å². The zero-order chi connectivity index (χ0) is 24.4. The van der Waals surface area contributed by atoms with Gasteiger partial charge in [-0.25, -0.2) is 0 Å². The molecule has 0 fully saturated rings. The van der Waals surface area contributed by atoms with Crippen molar-refractivity contribution in [3.8, 4) is 0 Å². The zero-order valence-corrected chi connectivity index (χ0v) is 22.5. The standard InChI is InChI=1S/C30H50N4/c1-5-9-13-27(7-3)25-31-29-15-21-33(22-16-29)19-11-12-20-34-23-17-30(18-24-34)32-26-28(8-4)14-10-6-2/h15-18,21-24,27-28H,5-14,19-20,25-26H2,1-4H3. The molecule has 0 aromatic carbocycles. The third-order valence-electron chi connectivity index (χ3n) is 6.98. The first-order valence-electron chi connectivity index (χ1n) is 14.0. The van der Waals surface area contributed by atoms with E-state index in [4.69, 9.17) is 9.98 Å². The predicted molar refractivity (Wildman–Crippen MR) is 146 cm³/mol. The maximum Gasteiger partial charge on any atom is 0.0603 e. The van der Waals surface area contributed by atoms with E-state index in [-0.39, 0.29) is 0 Å². The Morgan fingerprint density at radius 3 is 1.29 bits per heavy atom. The second-order valence-electron chi connectivity index (χ2n) is 9.81. The highest BCUT2D eigenvalue weighted by molar-refractivity contribution is 4.94. The Balaban J connectivity index is 1.73. The molecule has 2 aromatic heterocycles. The van der Waals surface area contributed by atoms with E-state index < -0.39 is 0 Å². The molecule has 4 heteroatoms. The molecule has 0 saturated heterocycles. The van der Waals surface area contributed by atoms with Crippen LogP contribution in [0.5, 0.6) is 0 Å². The number of rotatable bonds is 17. The molecule has 0 amide bonds. The van der Waals surface area contributed by atoms with Crippen LogP contribution < -0.4 is 10.7 Å². The molecule has 34 heavy (non-hydrogen) atoms. The third kappa shape index (κ3) is 11.4. The van der Waals surface area contributed by atoms with E-state index in [1.165, 1.54) is 64.2 Å². The summed E-state index contributed by atoms with van der Waals surface area (Å²) in [4.78, 5) is 9.66. The van der Waals surface area contributed by atoms with Gasteiger partial charge in [0, 0.05) is 51.0 Å². The lowest BCUT2D eigenvalue weighted by molar-refractivity contribution is 0.459. The number of pyridine rings is 2. The second-order valence-corrected chi connectivity index (χ2v) is 9.81. The Bertz CT molecular complexity index is 792. The van der Waals surface area contributed by atoms with Crippen LogP contribution in [0.2, 0.25) is 0 Å². The molecule has 4 nitrogen and oxygen atoms in total. The molecule has 0 spiro atoms. The van der Waals surface area contributed by atoms with Gasteiger partial charge in [0.2, 0.25) is 0 Å². The van der Waals surface area contributed by atoms with Gasteiger partial charge in [0.15, 0.2) is 0 Å². The van der Waals surface area contributed by atoms with Gasteiger partial charge in [-0.15, -0.1) is 0 Å². The molecule has 0 aliphatic rings. The lowest BCUT2D eigenvalue weighted by Crippen LogP contribution is -2.11. The summed E-state index contributed by atoms with van der Waals surface area (Å²) in [6.45, 7) is 13.1. The molecular formula is C30H50N4. The van der Waals surface area contributed by atoms with Crippen LogP contribution in [0, 0.1) is 11.8 Å². The molecule has 2 atom stereocenters. The molecule has 0 aliphatic carbocycles. The number of aromatic nitrogens is 2. The minimum atomic E-state index is 0.728. The fourth-order valence-corrected chi connectivity index (χ4v) is 4.30. The molecule has 2 heterocycles. The fourth-order valence-electron chi connectivity index (χ4n) is 4.30. The molecule has 2 rings (SSSR count). The van der Waals surface area contributed by atoms with Crippen LogP contribution in [0.4, 0.5) is 0 Å². The zero-order valence-electron chi connectivity index (χ0n) is 22.5. The third-order valence-corrected chi connectivity index (χ3v) is 6.98. The van der Waals surface area contributed by atoms with E-state index in [2.05, 4.69) is 85.9 Å². The first-order valence-corrected chi connectivity index (χ1v) is 14.0. The average molecular weight is 467 g/mol. The molecule has 0 saturated carbocycles. The lowest BCUT2D eigenvalue weighted by atomic mass is 10.00. The normalized spacial score (nSPS) is 12.9. The fraction of sp³-hybridized carbons (Fsp3) is 0.667. The number of hydrogen-bond acceptors (Lipinski definition) is 2. The molecule has 2 unspecified atom stereocenters. The van der Waals surface area contributed by atoms with Crippen LogP contribution >= 0.6 is 0 Å². The van der Waals surface area contributed by atoms with Gasteiger partial charge in [0.1, 0.15) is 0 Å². The quantitative estimate of drug-likeness (QED) is 0.225. The van der Waals surface area contributed by atoms with E-state index in [0.717, 1.165) is 48.7 Å². The number of aryl methyl sites for hydroxylation is 2. The Morgan fingerprint density at radius 1 is 0.588 bits per heavy atom. The summed E-state index contributed by atoms with van der Waals surface area (Å²) < 4.78 is 4.56. The molecule has 0 aliphatic heterocycles. The summed E-state index contributed by atoms with van der Waals surface area (Å²) in [6.07, 6.45) is 21.3. The highest BCUT2D eigenvalue weighted by Gasteiger charge is 2.04. The van der Waals surface area contributed by atoms with Gasteiger partial charge in [0.05, 0.1) is 10.7 Å². The molecule has 0 bridgehead atoms. The maximum absolute atomic E-state index is 4.83. The Hall–Kier alpha value is -2.10. The first-order chi connectivity index (χ1) is 16.7. The lowest BCUT2D eigenvalue weighted by Gasteiger charge is -2.11. The number of nitrogens with zero attached hydrogens (tertiary/aromatic N) is 4. The van der Waals surface area contributed by atoms with Crippen LogP contribution in [0.3, 0.4) is 0 Å². The Morgan fingerprint density at radius 2 is 0.971 bits per heavy atom. The van der Waals surface area contributed by atoms with Crippen LogP contribution in [0.25, 0.3) is 0 Å².